The first-order valence-corrected chi connectivity index (χ1v) is 9.10. The van der Waals surface area contributed by atoms with Gasteiger partial charge in [-0.15, -0.1) is 11.3 Å². The first-order valence-electron chi connectivity index (χ1n) is 6.80. The van der Waals surface area contributed by atoms with Gasteiger partial charge in [0.2, 0.25) is 10.0 Å². The first kappa shape index (κ1) is 16.0. The molecule has 0 spiro atoms. The van der Waals surface area contributed by atoms with E-state index in [0.717, 1.165) is 15.3 Å². The molecule has 6 heteroatoms. The summed E-state index contributed by atoms with van der Waals surface area (Å²) in [5.74, 6) is 0. The zero-order chi connectivity index (χ0) is 15.6. The van der Waals surface area contributed by atoms with Gasteiger partial charge < -0.3 is 5.73 Å². The number of anilines is 1. The summed E-state index contributed by atoms with van der Waals surface area (Å²) >= 11 is 1.59. The van der Waals surface area contributed by atoms with Gasteiger partial charge >= 0.3 is 0 Å². The standard InChI is InChI=1S/C15H20N2O2S2/c1-4-12-6-7-13(16)9-15(12)21(18,19)17-11(3)14-8-5-10(2)20-14/h5-9,11,17H,4,16H2,1-3H3. The van der Waals surface area contributed by atoms with Gasteiger partial charge in [0.05, 0.1) is 10.9 Å². The minimum absolute atomic E-state index is 0.264. The van der Waals surface area contributed by atoms with Gasteiger partial charge in [0.1, 0.15) is 0 Å². The van der Waals surface area contributed by atoms with Gasteiger partial charge in [-0.05, 0) is 50.1 Å². The van der Waals surface area contributed by atoms with Gasteiger partial charge in [-0.2, -0.15) is 0 Å². The Morgan fingerprint density at radius 3 is 2.57 bits per heavy atom. The maximum Gasteiger partial charge on any atom is 0.241 e. The Balaban J connectivity index is 2.32. The fraction of sp³-hybridized carbons (Fsp3) is 0.333. The number of nitrogens with two attached hydrogens (primary N) is 1. The summed E-state index contributed by atoms with van der Waals surface area (Å²) in [6.07, 6.45) is 0.642. The van der Waals surface area contributed by atoms with E-state index in [0.29, 0.717) is 12.1 Å². The highest BCUT2D eigenvalue weighted by Gasteiger charge is 2.22. The van der Waals surface area contributed by atoms with E-state index in [1.165, 1.54) is 6.07 Å². The third-order valence-corrected chi connectivity index (χ3v) is 6.09. The number of hydrogen-bond donors (Lipinski definition) is 2. The summed E-state index contributed by atoms with van der Waals surface area (Å²) in [7, 11) is -3.59. The summed E-state index contributed by atoms with van der Waals surface area (Å²) in [4.78, 5) is 2.43. The van der Waals surface area contributed by atoms with Crippen LogP contribution < -0.4 is 10.5 Å². The molecule has 21 heavy (non-hydrogen) atoms. The molecule has 2 rings (SSSR count). The third kappa shape index (κ3) is 3.64. The summed E-state index contributed by atoms with van der Waals surface area (Å²) < 4.78 is 27.9. The molecule has 1 unspecified atom stereocenters. The molecular weight excluding hydrogens is 304 g/mol. The SMILES string of the molecule is CCc1ccc(N)cc1S(=O)(=O)NC(C)c1ccc(C)s1. The molecule has 0 radical (unpaired) electrons. The number of nitrogen functional groups attached to an aromatic ring is 1. The van der Waals surface area contributed by atoms with Crippen LogP contribution in [0.5, 0.6) is 0 Å². The number of benzene rings is 1. The number of sulfonamides is 1. The number of rotatable bonds is 5. The molecule has 0 fully saturated rings. The zero-order valence-electron chi connectivity index (χ0n) is 12.4. The molecule has 0 saturated heterocycles. The highest BCUT2D eigenvalue weighted by molar-refractivity contribution is 7.89. The van der Waals surface area contributed by atoms with Crippen LogP contribution in [0, 0.1) is 6.92 Å². The second-order valence-electron chi connectivity index (χ2n) is 5.01. The third-order valence-electron chi connectivity index (χ3n) is 3.28. The lowest BCUT2D eigenvalue weighted by Gasteiger charge is -2.15. The van der Waals surface area contributed by atoms with Gasteiger partial charge in [-0.1, -0.05) is 13.0 Å². The number of nitrogens with one attached hydrogen (secondary N) is 1. The molecule has 3 N–H and O–H groups in total. The molecule has 4 nitrogen and oxygen atoms in total. The molecule has 2 aromatic rings. The first-order chi connectivity index (χ1) is 9.83. The Morgan fingerprint density at radius 1 is 1.29 bits per heavy atom. The Hall–Kier alpha value is -1.37. The number of aryl methyl sites for hydroxylation is 2. The molecule has 0 aliphatic carbocycles. The highest BCUT2D eigenvalue weighted by atomic mass is 32.2. The van der Waals surface area contributed by atoms with Crippen molar-refractivity contribution < 1.29 is 8.42 Å². The van der Waals surface area contributed by atoms with Crippen molar-refractivity contribution in [2.45, 2.75) is 38.1 Å². The van der Waals surface area contributed by atoms with E-state index >= 15 is 0 Å². The van der Waals surface area contributed by atoms with E-state index in [1.807, 2.05) is 32.9 Å². The van der Waals surface area contributed by atoms with Gasteiger partial charge in [-0.25, -0.2) is 13.1 Å². The zero-order valence-corrected chi connectivity index (χ0v) is 14.0. The van der Waals surface area contributed by atoms with Crippen LogP contribution in [0.1, 0.15) is 35.2 Å². The van der Waals surface area contributed by atoms with Gasteiger partial charge in [0, 0.05) is 15.4 Å². The van der Waals surface area contributed by atoms with Crippen molar-refractivity contribution in [1.29, 1.82) is 0 Å². The summed E-state index contributed by atoms with van der Waals surface area (Å²) in [6.45, 7) is 5.78. The molecule has 1 aromatic heterocycles. The average Bonchev–Trinajstić information content (AvgIpc) is 2.85. The maximum atomic E-state index is 12.6. The van der Waals surface area contributed by atoms with Crippen molar-refractivity contribution >= 4 is 27.0 Å². The minimum Gasteiger partial charge on any atom is -0.399 e. The molecule has 0 aliphatic heterocycles. The maximum absolute atomic E-state index is 12.6. The van der Waals surface area contributed by atoms with Gasteiger partial charge in [0.15, 0.2) is 0 Å². The van der Waals surface area contributed by atoms with Crippen molar-refractivity contribution in [2.75, 3.05) is 5.73 Å². The largest absolute Gasteiger partial charge is 0.399 e. The summed E-state index contributed by atoms with van der Waals surface area (Å²) in [5, 5.41) is 0. The van der Waals surface area contributed by atoms with Crippen LogP contribution in [0.15, 0.2) is 35.2 Å². The van der Waals surface area contributed by atoms with E-state index in [1.54, 1.807) is 23.5 Å². The molecule has 0 bridgehead atoms. The number of hydrogen-bond acceptors (Lipinski definition) is 4. The van der Waals surface area contributed by atoms with Crippen molar-refractivity contribution in [2.24, 2.45) is 0 Å². The molecule has 1 atom stereocenters. The van der Waals surface area contributed by atoms with E-state index in [2.05, 4.69) is 4.72 Å². The molecule has 0 amide bonds. The predicted octanol–water partition coefficient (Wildman–Crippen LogP) is 3.24. The van der Waals surface area contributed by atoms with E-state index in [4.69, 9.17) is 5.73 Å². The highest BCUT2D eigenvalue weighted by Crippen LogP contribution is 2.26. The van der Waals surface area contributed by atoms with Crippen LogP contribution in [0.4, 0.5) is 5.69 Å². The summed E-state index contributed by atoms with van der Waals surface area (Å²) in [6, 6.07) is 8.69. The lowest BCUT2D eigenvalue weighted by molar-refractivity contribution is 0.567. The molecule has 1 heterocycles. The average molecular weight is 324 g/mol. The smallest absolute Gasteiger partial charge is 0.241 e. The summed E-state index contributed by atoms with van der Waals surface area (Å²) in [5.41, 5.74) is 6.95. The monoisotopic (exact) mass is 324 g/mol. The normalized spacial score (nSPS) is 13.3. The van der Waals surface area contributed by atoms with Gasteiger partial charge in [0.25, 0.3) is 0 Å². The van der Waals surface area contributed by atoms with Crippen molar-refractivity contribution in [3.8, 4) is 0 Å². The Morgan fingerprint density at radius 2 is 2.00 bits per heavy atom. The van der Waals surface area contributed by atoms with Crippen LogP contribution in [0.25, 0.3) is 0 Å². The lowest BCUT2D eigenvalue weighted by atomic mass is 10.1. The van der Waals surface area contributed by atoms with Crippen molar-refractivity contribution in [3.63, 3.8) is 0 Å². The van der Waals surface area contributed by atoms with Gasteiger partial charge in [-0.3, -0.25) is 0 Å². The molecular formula is C15H20N2O2S2. The molecule has 1 aromatic carbocycles. The Bertz CT molecular complexity index is 736. The van der Waals surface area contributed by atoms with Crippen molar-refractivity contribution in [3.05, 3.63) is 45.6 Å². The fourth-order valence-electron chi connectivity index (χ4n) is 2.15. The van der Waals surface area contributed by atoms with E-state index in [9.17, 15) is 8.42 Å². The Labute approximate surface area is 130 Å². The van der Waals surface area contributed by atoms with E-state index in [-0.39, 0.29) is 10.9 Å². The van der Waals surface area contributed by atoms with Crippen LogP contribution in [-0.4, -0.2) is 8.42 Å². The number of thiophene rings is 1. The Kier molecular flexibility index (Phi) is 4.70. The lowest BCUT2D eigenvalue weighted by Crippen LogP contribution is -2.27. The van der Waals surface area contributed by atoms with Crippen molar-refractivity contribution in [1.82, 2.24) is 4.72 Å². The second-order valence-corrected chi connectivity index (χ2v) is 8.01. The quantitative estimate of drug-likeness (QED) is 0.829. The topological polar surface area (TPSA) is 72.2 Å². The second kappa shape index (κ2) is 6.17. The van der Waals surface area contributed by atoms with E-state index < -0.39 is 10.0 Å². The van der Waals surface area contributed by atoms with Crippen LogP contribution in [0.2, 0.25) is 0 Å². The van der Waals surface area contributed by atoms with Crippen LogP contribution in [0.3, 0.4) is 0 Å². The molecule has 114 valence electrons. The minimum atomic E-state index is -3.59. The molecule has 0 aliphatic rings. The predicted molar refractivity (Wildman–Crippen MR) is 88.0 cm³/mol. The fourth-order valence-corrected chi connectivity index (χ4v) is 4.68. The molecule has 0 saturated carbocycles. The van der Waals surface area contributed by atoms with Crippen LogP contribution in [-0.2, 0) is 16.4 Å². The van der Waals surface area contributed by atoms with Crippen LogP contribution >= 0.6 is 11.3 Å².